The van der Waals surface area contributed by atoms with Gasteiger partial charge < -0.3 is 4.74 Å². The monoisotopic (exact) mass is 288 g/mol. The molecule has 1 aromatic carbocycles. The number of allylic oxidation sites excluding steroid dienone is 2. The van der Waals surface area contributed by atoms with E-state index in [0.29, 0.717) is 24.2 Å². The first kappa shape index (κ1) is 14.0. The highest BCUT2D eigenvalue weighted by Gasteiger charge is 2.41. The number of hydrogen-bond donors (Lipinski definition) is 0. The lowest BCUT2D eigenvalue weighted by atomic mass is 9.71. The molecule has 1 heterocycles. The van der Waals surface area contributed by atoms with Gasteiger partial charge in [-0.25, -0.2) is 4.39 Å². The summed E-state index contributed by atoms with van der Waals surface area (Å²) in [5.41, 5.74) is 1.19. The minimum absolute atomic E-state index is 0.0306. The molecule has 110 valence electrons. The fourth-order valence-electron chi connectivity index (χ4n) is 3.18. The fourth-order valence-corrected chi connectivity index (χ4v) is 3.18. The molecule has 2 aliphatic rings. The van der Waals surface area contributed by atoms with Gasteiger partial charge in [-0.05, 0) is 23.1 Å². The molecule has 0 amide bonds. The number of rotatable bonds is 1. The number of halogens is 1. The number of hydrogen-bond acceptors (Lipinski definition) is 3. The molecule has 0 unspecified atom stereocenters. The van der Waals surface area contributed by atoms with Crippen molar-refractivity contribution in [2.45, 2.75) is 39.0 Å². The highest BCUT2D eigenvalue weighted by atomic mass is 19.1. The zero-order chi connectivity index (χ0) is 15.2. The normalized spacial score (nSPS) is 24.6. The van der Waals surface area contributed by atoms with Crippen molar-refractivity contribution in [3.8, 4) is 0 Å². The Morgan fingerprint density at radius 3 is 2.48 bits per heavy atom. The number of carbonyl (C=O) groups is 2. The molecular weight excluding hydrogens is 271 g/mol. The number of esters is 1. The van der Waals surface area contributed by atoms with E-state index in [1.54, 1.807) is 12.1 Å². The Morgan fingerprint density at radius 1 is 1.14 bits per heavy atom. The third-order valence-electron chi connectivity index (χ3n) is 4.11. The van der Waals surface area contributed by atoms with Crippen LogP contribution in [0.15, 0.2) is 35.6 Å². The van der Waals surface area contributed by atoms with Crippen LogP contribution in [0, 0.1) is 11.2 Å². The SMILES string of the molecule is CC1(C)CC(=O)C2=C(C1)OC(=O)C[C@@H]2c1ccc(F)cc1. The third-order valence-corrected chi connectivity index (χ3v) is 4.11. The molecule has 3 rings (SSSR count). The lowest BCUT2D eigenvalue weighted by Crippen LogP contribution is -2.33. The second kappa shape index (κ2) is 4.79. The molecule has 1 aliphatic carbocycles. The molecular formula is C17H17FO3. The molecule has 0 fully saturated rings. The van der Waals surface area contributed by atoms with E-state index in [1.165, 1.54) is 12.1 Å². The van der Waals surface area contributed by atoms with Crippen LogP contribution in [-0.4, -0.2) is 11.8 Å². The lowest BCUT2D eigenvalue weighted by Gasteiger charge is -2.36. The van der Waals surface area contributed by atoms with Crippen LogP contribution in [0.25, 0.3) is 0 Å². The Morgan fingerprint density at radius 2 is 1.81 bits per heavy atom. The van der Waals surface area contributed by atoms with Gasteiger partial charge in [0.15, 0.2) is 5.78 Å². The van der Waals surface area contributed by atoms with E-state index in [-0.39, 0.29) is 35.3 Å². The average Bonchev–Trinajstić information content (AvgIpc) is 2.36. The molecule has 0 saturated heterocycles. The van der Waals surface area contributed by atoms with Crippen molar-refractivity contribution < 1.29 is 18.7 Å². The van der Waals surface area contributed by atoms with Crippen molar-refractivity contribution in [3.05, 3.63) is 47.0 Å². The van der Waals surface area contributed by atoms with Crippen LogP contribution in [0.4, 0.5) is 4.39 Å². The van der Waals surface area contributed by atoms with Gasteiger partial charge in [-0.3, -0.25) is 9.59 Å². The summed E-state index contributed by atoms with van der Waals surface area (Å²) in [6.45, 7) is 3.98. The summed E-state index contributed by atoms with van der Waals surface area (Å²) >= 11 is 0. The highest BCUT2D eigenvalue weighted by molar-refractivity contribution is 6.00. The van der Waals surface area contributed by atoms with Crippen LogP contribution < -0.4 is 0 Å². The summed E-state index contributed by atoms with van der Waals surface area (Å²) in [6, 6.07) is 5.98. The molecule has 21 heavy (non-hydrogen) atoms. The van der Waals surface area contributed by atoms with Crippen molar-refractivity contribution in [1.29, 1.82) is 0 Å². The van der Waals surface area contributed by atoms with Gasteiger partial charge in [-0.2, -0.15) is 0 Å². The van der Waals surface area contributed by atoms with Crippen molar-refractivity contribution in [2.75, 3.05) is 0 Å². The zero-order valence-corrected chi connectivity index (χ0v) is 12.1. The predicted octanol–water partition coefficient (Wildman–Crippen LogP) is 3.50. The summed E-state index contributed by atoms with van der Waals surface area (Å²) in [6.07, 6.45) is 1.16. The predicted molar refractivity (Wildman–Crippen MR) is 74.9 cm³/mol. The lowest BCUT2D eigenvalue weighted by molar-refractivity contribution is -0.142. The zero-order valence-electron chi connectivity index (χ0n) is 12.1. The Bertz CT molecular complexity index is 641. The van der Waals surface area contributed by atoms with Gasteiger partial charge in [0.25, 0.3) is 0 Å². The van der Waals surface area contributed by atoms with E-state index in [4.69, 9.17) is 4.74 Å². The average molecular weight is 288 g/mol. The summed E-state index contributed by atoms with van der Waals surface area (Å²) in [5, 5.41) is 0. The largest absolute Gasteiger partial charge is 0.431 e. The minimum Gasteiger partial charge on any atom is -0.431 e. The maximum Gasteiger partial charge on any atom is 0.311 e. The first-order chi connectivity index (χ1) is 9.85. The second-order valence-corrected chi connectivity index (χ2v) is 6.56. The van der Waals surface area contributed by atoms with Crippen LogP contribution in [-0.2, 0) is 14.3 Å². The molecule has 0 spiro atoms. The van der Waals surface area contributed by atoms with Gasteiger partial charge >= 0.3 is 5.97 Å². The number of carbonyl (C=O) groups excluding carboxylic acids is 2. The van der Waals surface area contributed by atoms with Crippen LogP contribution in [0.2, 0.25) is 0 Å². The summed E-state index contributed by atoms with van der Waals surface area (Å²) in [5.74, 6) is -0.439. The van der Waals surface area contributed by atoms with Crippen LogP contribution >= 0.6 is 0 Å². The first-order valence-electron chi connectivity index (χ1n) is 7.08. The number of ketones is 1. The number of Topliss-reactive ketones (excluding diaryl/α,β-unsaturated/α-hetero) is 1. The van der Waals surface area contributed by atoms with Crippen molar-refractivity contribution in [3.63, 3.8) is 0 Å². The van der Waals surface area contributed by atoms with Gasteiger partial charge in [-0.1, -0.05) is 26.0 Å². The summed E-state index contributed by atoms with van der Waals surface area (Å²) in [4.78, 5) is 24.3. The maximum atomic E-state index is 13.1. The van der Waals surface area contributed by atoms with E-state index < -0.39 is 0 Å². The van der Waals surface area contributed by atoms with Gasteiger partial charge in [0.05, 0.1) is 6.42 Å². The van der Waals surface area contributed by atoms with E-state index >= 15 is 0 Å². The van der Waals surface area contributed by atoms with Crippen LogP contribution in [0.3, 0.4) is 0 Å². The molecule has 1 aliphatic heterocycles. The Hall–Kier alpha value is -1.97. The molecule has 4 heteroatoms. The quantitative estimate of drug-likeness (QED) is 0.743. The molecule has 1 aromatic rings. The van der Waals surface area contributed by atoms with Gasteiger partial charge in [0, 0.05) is 24.3 Å². The molecule has 0 N–H and O–H groups in total. The van der Waals surface area contributed by atoms with E-state index in [0.717, 1.165) is 5.56 Å². The summed E-state index contributed by atoms with van der Waals surface area (Å²) in [7, 11) is 0. The highest BCUT2D eigenvalue weighted by Crippen LogP contribution is 2.45. The number of benzene rings is 1. The second-order valence-electron chi connectivity index (χ2n) is 6.56. The fraction of sp³-hybridized carbons (Fsp3) is 0.412. The van der Waals surface area contributed by atoms with Gasteiger partial charge in [-0.15, -0.1) is 0 Å². The van der Waals surface area contributed by atoms with E-state index in [9.17, 15) is 14.0 Å². The van der Waals surface area contributed by atoms with Crippen molar-refractivity contribution in [1.82, 2.24) is 0 Å². The Kier molecular flexibility index (Phi) is 3.19. The molecule has 0 radical (unpaired) electrons. The van der Waals surface area contributed by atoms with Gasteiger partial charge in [0.1, 0.15) is 11.6 Å². The first-order valence-corrected chi connectivity index (χ1v) is 7.08. The summed E-state index contributed by atoms with van der Waals surface area (Å²) < 4.78 is 18.4. The number of ether oxygens (including phenoxy) is 1. The Balaban J connectivity index is 2.06. The Labute approximate surface area is 122 Å². The van der Waals surface area contributed by atoms with Crippen LogP contribution in [0.1, 0.15) is 44.6 Å². The van der Waals surface area contributed by atoms with E-state index in [2.05, 4.69) is 0 Å². The third kappa shape index (κ3) is 2.62. The molecule has 0 saturated carbocycles. The molecule has 0 bridgehead atoms. The van der Waals surface area contributed by atoms with Crippen molar-refractivity contribution >= 4 is 11.8 Å². The van der Waals surface area contributed by atoms with E-state index in [1.807, 2.05) is 13.8 Å². The standard InChI is InChI=1S/C17H17FO3/c1-17(2)8-13(19)16-12(7-15(20)21-14(16)9-17)10-3-5-11(18)6-4-10/h3-6,12H,7-9H2,1-2H3/t12-/m1/s1. The molecule has 3 nitrogen and oxygen atoms in total. The van der Waals surface area contributed by atoms with Crippen LogP contribution in [0.5, 0.6) is 0 Å². The smallest absolute Gasteiger partial charge is 0.311 e. The maximum absolute atomic E-state index is 13.1. The van der Waals surface area contributed by atoms with Gasteiger partial charge in [0.2, 0.25) is 0 Å². The molecule has 0 aromatic heterocycles. The van der Waals surface area contributed by atoms with Crippen molar-refractivity contribution in [2.24, 2.45) is 5.41 Å². The topological polar surface area (TPSA) is 43.4 Å². The molecule has 1 atom stereocenters. The minimum atomic E-state index is -0.331.